The van der Waals surface area contributed by atoms with Gasteiger partial charge in [0, 0.05) is 51.0 Å². The molecule has 0 aromatic carbocycles. The van der Waals surface area contributed by atoms with Crippen molar-refractivity contribution in [1.29, 1.82) is 0 Å². The summed E-state index contributed by atoms with van der Waals surface area (Å²) in [4.78, 5) is 20.9. The molecule has 1 aliphatic heterocycles. The zero-order valence-corrected chi connectivity index (χ0v) is 13.9. The van der Waals surface area contributed by atoms with Gasteiger partial charge in [-0.2, -0.15) is 0 Å². The van der Waals surface area contributed by atoms with Crippen LogP contribution in [0.5, 0.6) is 0 Å². The van der Waals surface area contributed by atoms with E-state index in [-0.39, 0.29) is 6.03 Å². The molecule has 1 fully saturated rings. The van der Waals surface area contributed by atoms with Gasteiger partial charge >= 0.3 is 6.03 Å². The van der Waals surface area contributed by atoms with E-state index in [1.54, 1.807) is 12.5 Å². The van der Waals surface area contributed by atoms with Gasteiger partial charge in [0.25, 0.3) is 0 Å². The minimum absolute atomic E-state index is 0.209. The summed E-state index contributed by atoms with van der Waals surface area (Å²) < 4.78 is 4.96. The molecular weight excluding hydrogens is 306 g/mol. The van der Waals surface area contributed by atoms with E-state index >= 15 is 0 Å². The van der Waals surface area contributed by atoms with Crippen molar-refractivity contribution < 1.29 is 9.21 Å². The lowest BCUT2D eigenvalue weighted by Gasteiger charge is -2.33. The van der Waals surface area contributed by atoms with Gasteiger partial charge in [-0.05, 0) is 24.7 Å². The van der Waals surface area contributed by atoms with Gasteiger partial charge in [-0.3, -0.25) is 0 Å². The fourth-order valence-electron chi connectivity index (χ4n) is 2.56. The number of anilines is 1. The van der Waals surface area contributed by atoms with Crippen LogP contribution in [0.4, 0.5) is 10.6 Å². The van der Waals surface area contributed by atoms with Crippen LogP contribution >= 0.6 is 0 Å². The average molecular weight is 329 g/mol. The summed E-state index contributed by atoms with van der Waals surface area (Å²) in [6, 6.07) is 5.64. The minimum Gasteiger partial charge on any atom is -0.472 e. The van der Waals surface area contributed by atoms with Gasteiger partial charge in [-0.25, -0.2) is 9.78 Å². The molecule has 128 valence electrons. The summed E-state index contributed by atoms with van der Waals surface area (Å²) >= 11 is 0. The smallest absolute Gasteiger partial charge is 0.315 e. The molecule has 2 N–H and O–H groups in total. The lowest BCUT2D eigenvalue weighted by Crippen LogP contribution is -2.44. The van der Waals surface area contributed by atoms with Crippen LogP contribution in [0.25, 0.3) is 0 Å². The molecule has 3 rings (SSSR count). The number of rotatable bonds is 5. The van der Waals surface area contributed by atoms with Crippen molar-refractivity contribution in [1.82, 2.24) is 20.5 Å². The first kappa shape index (κ1) is 16.3. The number of likely N-dealkylation sites (N-methyl/N-ethyl adjacent to an activating group) is 1. The van der Waals surface area contributed by atoms with Gasteiger partial charge in [-0.1, -0.05) is 6.07 Å². The molecule has 0 aliphatic carbocycles. The van der Waals surface area contributed by atoms with Gasteiger partial charge in [0.1, 0.15) is 5.82 Å². The van der Waals surface area contributed by atoms with E-state index in [0.29, 0.717) is 13.1 Å². The summed E-state index contributed by atoms with van der Waals surface area (Å²) in [7, 11) is 2.14. The normalized spacial score (nSPS) is 15.3. The second-order valence-corrected chi connectivity index (χ2v) is 5.98. The van der Waals surface area contributed by atoms with Gasteiger partial charge in [0.05, 0.1) is 12.5 Å². The van der Waals surface area contributed by atoms with Crippen molar-refractivity contribution in [3.05, 3.63) is 48.0 Å². The highest BCUT2D eigenvalue weighted by molar-refractivity contribution is 5.73. The third kappa shape index (κ3) is 4.48. The molecule has 0 spiro atoms. The maximum atomic E-state index is 11.8. The predicted molar refractivity (Wildman–Crippen MR) is 91.7 cm³/mol. The Hall–Kier alpha value is -2.54. The standard InChI is InChI=1S/C17H23N5O2/c1-21-5-7-22(8-6-21)16-3-2-14(10-18-16)11-19-17(23)20-12-15-4-9-24-13-15/h2-4,9-10,13H,5-8,11-12H2,1H3,(H2,19,20,23). The topological polar surface area (TPSA) is 73.6 Å². The maximum absolute atomic E-state index is 11.8. The molecule has 1 aliphatic rings. The Morgan fingerprint density at radius 1 is 1.12 bits per heavy atom. The molecule has 0 unspecified atom stereocenters. The number of hydrogen-bond acceptors (Lipinski definition) is 5. The molecular formula is C17H23N5O2. The van der Waals surface area contributed by atoms with E-state index in [1.165, 1.54) is 0 Å². The van der Waals surface area contributed by atoms with Gasteiger partial charge in [0.15, 0.2) is 0 Å². The summed E-state index contributed by atoms with van der Waals surface area (Å²) in [5.74, 6) is 0.997. The summed E-state index contributed by atoms with van der Waals surface area (Å²) in [6.45, 7) is 5.01. The number of amides is 2. The largest absolute Gasteiger partial charge is 0.472 e. The summed E-state index contributed by atoms with van der Waals surface area (Å²) in [6.07, 6.45) is 5.02. The highest BCUT2D eigenvalue weighted by atomic mass is 16.3. The van der Waals surface area contributed by atoms with Crippen LogP contribution < -0.4 is 15.5 Å². The highest BCUT2D eigenvalue weighted by Crippen LogP contribution is 2.13. The quantitative estimate of drug-likeness (QED) is 0.868. The second-order valence-electron chi connectivity index (χ2n) is 5.98. The first-order valence-electron chi connectivity index (χ1n) is 8.12. The third-order valence-electron chi connectivity index (χ3n) is 4.12. The fourth-order valence-corrected chi connectivity index (χ4v) is 2.56. The monoisotopic (exact) mass is 329 g/mol. The van der Waals surface area contributed by atoms with Crippen molar-refractivity contribution in [2.24, 2.45) is 0 Å². The molecule has 2 aromatic rings. The number of pyridine rings is 1. The van der Waals surface area contributed by atoms with Crippen LogP contribution in [-0.2, 0) is 13.1 Å². The Labute approximate surface area is 141 Å². The molecule has 24 heavy (non-hydrogen) atoms. The molecule has 0 atom stereocenters. The molecule has 3 heterocycles. The van der Waals surface area contributed by atoms with E-state index < -0.39 is 0 Å². The molecule has 2 amide bonds. The van der Waals surface area contributed by atoms with E-state index in [2.05, 4.69) is 32.5 Å². The van der Waals surface area contributed by atoms with Gasteiger partial charge in [-0.15, -0.1) is 0 Å². The fraction of sp³-hybridized carbons (Fsp3) is 0.412. The zero-order valence-electron chi connectivity index (χ0n) is 13.9. The third-order valence-corrected chi connectivity index (χ3v) is 4.12. The highest BCUT2D eigenvalue weighted by Gasteiger charge is 2.14. The van der Waals surface area contributed by atoms with Crippen LogP contribution in [0.15, 0.2) is 41.3 Å². The first-order valence-corrected chi connectivity index (χ1v) is 8.12. The number of carbonyl (C=O) groups excluding carboxylic acids is 1. The van der Waals surface area contributed by atoms with E-state index in [0.717, 1.165) is 43.1 Å². The lowest BCUT2D eigenvalue weighted by atomic mass is 10.2. The Morgan fingerprint density at radius 3 is 2.50 bits per heavy atom. The Kier molecular flexibility index (Phi) is 5.32. The Morgan fingerprint density at radius 2 is 1.88 bits per heavy atom. The Balaban J connectivity index is 1.43. The van der Waals surface area contributed by atoms with Crippen LogP contribution in [0.3, 0.4) is 0 Å². The van der Waals surface area contributed by atoms with Crippen molar-refractivity contribution in [3.8, 4) is 0 Å². The van der Waals surface area contributed by atoms with Crippen molar-refractivity contribution in [2.45, 2.75) is 13.1 Å². The van der Waals surface area contributed by atoms with Crippen LogP contribution in [0.2, 0.25) is 0 Å². The number of furan rings is 1. The number of piperazine rings is 1. The number of carbonyl (C=O) groups is 1. The minimum atomic E-state index is -0.209. The van der Waals surface area contributed by atoms with Crippen molar-refractivity contribution in [2.75, 3.05) is 38.1 Å². The molecule has 7 nitrogen and oxygen atoms in total. The number of aromatic nitrogens is 1. The van der Waals surface area contributed by atoms with Crippen molar-refractivity contribution in [3.63, 3.8) is 0 Å². The zero-order chi connectivity index (χ0) is 16.8. The van der Waals surface area contributed by atoms with E-state index in [4.69, 9.17) is 4.42 Å². The number of urea groups is 1. The first-order chi connectivity index (χ1) is 11.7. The average Bonchev–Trinajstić information content (AvgIpc) is 3.13. The number of nitrogens with zero attached hydrogens (tertiary/aromatic N) is 3. The maximum Gasteiger partial charge on any atom is 0.315 e. The summed E-state index contributed by atoms with van der Waals surface area (Å²) in [5, 5.41) is 5.60. The van der Waals surface area contributed by atoms with Gasteiger partial charge in [0.2, 0.25) is 0 Å². The molecule has 0 bridgehead atoms. The molecule has 7 heteroatoms. The van der Waals surface area contributed by atoms with Crippen LogP contribution in [0.1, 0.15) is 11.1 Å². The SMILES string of the molecule is CN1CCN(c2ccc(CNC(=O)NCc3ccoc3)cn2)CC1. The molecule has 1 saturated heterocycles. The molecule has 0 radical (unpaired) electrons. The summed E-state index contributed by atoms with van der Waals surface area (Å²) in [5.41, 5.74) is 1.91. The van der Waals surface area contributed by atoms with Crippen LogP contribution in [0, 0.1) is 0 Å². The molecule has 2 aromatic heterocycles. The number of nitrogens with one attached hydrogen (secondary N) is 2. The van der Waals surface area contributed by atoms with E-state index in [9.17, 15) is 4.79 Å². The molecule has 0 saturated carbocycles. The lowest BCUT2D eigenvalue weighted by molar-refractivity contribution is 0.240. The van der Waals surface area contributed by atoms with Crippen molar-refractivity contribution >= 4 is 11.8 Å². The predicted octanol–water partition coefficient (Wildman–Crippen LogP) is 1.43. The van der Waals surface area contributed by atoms with Crippen LogP contribution in [-0.4, -0.2) is 49.1 Å². The number of hydrogen-bond donors (Lipinski definition) is 2. The Bertz CT molecular complexity index is 634. The second kappa shape index (κ2) is 7.83. The van der Waals surface area contributed by atoms with E-state index in [1.807, 2.05) is 24.4 Å². The van der Waals surface area contributed by atoms with Gasteiger partial charge < -0.3 is 24.9 Å².